The highest BCUT2D eigenvalue weighted by Crippen LogP contribution is 2.39. The quantitative estimate of drug-likeness (QED) is 0.0610. The molecule has 4 aromatic carbocycles. The number of amides is 1. The minimum atomic E-state index is -0.853. The Kier molecular flexibility index (Phi) is 16.4. The molecule has 0 spiro atoms. The molecule has 4 aromatic rings. The first-order chi connectivity index (χ1) is 29.6. The normalized spacial score (nSPS) is 18.8. The molecule has 3 fully saturated rings. The van der Waals surface area contributed by atoms with E-state index in [0.717, 1.165) is 79.6 Å². The number of carbonyl (C=O) groups is 2. The number of azide groups is 1. The molecule has 0 bridgehead atoms. The van der Waals surface area contributed by atoms with E-state index in [-0.39, 0.29) is 30.4 Å². The fraction of sp³-hybridized carbons (Fsp3) is 0.480. The van der Waals surface area contributed by atoms with Crippen LogP contribution in [0.1, 0.15) is 109 Å². The van der Waals surface area contributed by atoms with E-state index in [1.165, 1.54) is 29.5 Å². The Hall–Kier alpha value is -5.67. The predicted molar refractivity (Wildman–Crippen MR) is 238 cm³/mol. The fourth-order valence-electron chi connectivity index (χ4n) is 9.10. The molecule has 0 radical (unpaired) electrons. The maximum absolute atomic E-state index is 12.5. The van der Waals surface area contributed by atoms with E-state index in [1.807, 2.05) is 55.5 Å². The molecule has 11 nitrogen and oxygen atoms in total. The Bertz CT molecular complexity index is 2120. The third-order valence-corrected chi connectivity index (χ3v) is 12.4. The highest BCUT2D eigenvalue weighted by molar-refractivity contribution is 5.80. The molecule has 11 heteroatoms. The molecule has 7 rings (SSSR count). The van der Waals surface area contributed by atoms with Crippen LogP contribution in [0.5, 0.6) is 23.0 Å². The van der Waals surface area contributed by atoms with Gasteiger partial charge in [-0.3, -0.25) is 9.59 Å². The van der Waals surface area contributed by atoms with E-state index in [1.54, 1.807) is 14.2 Å². The molecule has 1 saturated heterocycles. The van der Waals surface area contributed by atoms with Crippen molar-refractivity contribution in [1.82, 2.24) is 5.32 Å². The lowest BCUT2D eigenvalue weighted by Gasteiger charge is -2.30. The number of piperidine rings is 1. The van der Waals surface area contributed by atoms with Crippen molar-refractivity contribution in [3.05, 3.63) is 129 Å². The number of nitrogens with zero attached hydrogens (tertiary/aromatic N) is 3. The minimum Gasteiger partial charge on any atom is -0.493 e. The first-order valence-electron chi connectivity index (χ1n) is 21.9. The average molecular weight is 831 g/mol. The van der Waals surface area contributed by atoms with Crippen LogP contribution in [0.4, 0.5) is 0 Å². The SMILES string of the molecule is COc1ccc([C@@H](CN=[N+]=[N-])C[C@@H](Cc2cccc(C)c2)C(=O)O)cc1OC1CCCC1.COc1ccc([C@H]2CNC(=O)[C@H](Cc3cccc(C)c3)C2)cc1OC1CCCC1. The van der Waals surface area contributed by atoms with Crippen molar-refractivity contribution in [2.45, 2.75) is 115 Å². The summed E-state index contributed by atoms with van der Waals surface area (Å²) in [6.07, 6.45) is 11.9. The van der Waals surface area contributed by atoms with Crippen molar-refractivity contribution in [2.75, 3.05) is 27.3 Å². The molecule has 324 valence electrons. The molecule has 0 unspecified atom stereocenters. The summed E-state index contributed by atoms with van der Waals surface area (Å²) in [5.41, 5.74) is 15.5. The van der Waals surface area contributed by atoms with Crippen LogP contribution in [0.3, 0.4) is 0 Å². The number of nitrogens with one attached hydrogen (secondary N) is 1. The van der Waals surface area contributed by atoms with Crippen molar-refractivity contribution in [3.8, 4) is 23.0 Å². The zero-order valence-corrected chi connectivity index (χ0v) is 36.2. The summed E-state index contributed by atoms with van der Waals surface area (Å²) in [6.45, 7) is 4.95. The van der Waals surface area contributed by atoms with Crippen molar-refractivity contribution in [2.24, 2.45) is 17.0 Å². The van der Waals surface area contributed by atoms with Gasteiger partial charge >= 0.3 is 5.97 Å². The number of methoxy groups -OCH3 is 2. The van der Waals surface area contributed by atoms with Gasteiger partial charge in [0.05, 0.1) is 32.3 Å². The summed E-state index contributed by atoms with van der Waals surface area (Å²) in [4.78, 5) is 27.5. The zero-order chi connectivity index (χ0) is 43.1. The van der Waals surface area contributed by atoms with Crippen LogP contribution < -0.4 is 24.3 Å². The number of aliphatic carboxylic acids is 1. The van der Waals surface area contributed by atoms with Gasteiger partial charge in [0.15, 0.2) is 23.0 Å². The van der Waals surface area contributed by atoms with Gasteiger partial charge in [-0.2, -0.15) is 0 Å². The minimum absolute atomic E-state index is 0.00291. The van der Waals surface area contributed by atoms with Crippen molar-refractivity contribution >= 4 is 11.9 Å². The second-order valence-corrected chi connectivity index (χ2v) is 17.0. The van der Waals surface area contributed by atoms with Gasteiger partial charge in [0.25, 0.3) is 0 Å². The Morgan fingerprint density at radius 1 is 0.803 bits per heavy atom. The number of benzene rings is 4. The van der Waals surface area contributed by atoms with E-state index in [0.29, 0.717) is 42.9 Å². The van der Waals surface area contributed by atoms with Gasteiger partial charge in [-0.15, -0.1) is 0 Å². The number of rotatable bonds is 17. The number of carboxylic acids is 1. The molecule has 0 aromatic heterocycles. The summed E-state index contributed by atoms with van der Waals surface area (Å²) < 4.78 is 23.5. The molecule has 1 aliphatic heterocycles. The fourth-order valence-corrected chi connectivity index (χ4v) is 9.10. The third kappa shape index (κ3) is 12.9. The molecule has 3 aliphatic rings. The maximum Gasteiger partial charge on any atom is 0.306 e. The van der Waals surface area contributed by atoms with Crippen LogP contribution in [0.15, 0.2) is 90.0 Å². The van der Waals surface area contributed by atoms with E-state index in [2.05, 4.69) is 58.7 Å². The predicted octanol–water partition coefficient (Wildman–Crippen LogP) is 10.8. The van der Waals surface area contributed by atoms with Gasteiger partial charge in [-0.1, -0.05) is 76.9 Å². The molecular formula is C50H62N4O7. The van der Waals surface area contributed by atoms with Crippen LogP contribution in [0, 0.1) is 25.7 Å². The molecule has 2 N–H and O–H groups in total. The van der Waals surface area contributed by atoms with Crippen LogP contribution >= 0.6 is 0 Å². The molecule has 4 atom stereocenters. The van der Waals surface area contributed by atoms with E-state index < -0.39 is 11.9 Å². The number of hydrogen-bond donors (Lipinski definition) is 2. The first-order valence-corrected chi connectivity index (χ1v) is 21.9. The lowest BCUT2D eigenvalue weighted by atomic mass is 9.82. The largest absolute Gasteiger partial charge is 0.493 e. The number of carbonyl (C=O) groups excluding carboxylic acids is 1. The van der Waals surface area contributed by atoms with E-state index >= 15 is 0 Å². The van der Waals surface area contributed by atoms with Gasteiger partial charge in [-0.05, 0) is 149 Å². The molecule has 1 amide bonds. The second-order valence-electron chi connectivity index (χ2n) is 17.0. The number of aryl methyl sites for hydroxylation is 2. The third-order valence-electron chi connectivity index (χ3n) is 12.4. The molecule has 1 heterocycles. The van der Waals surface area contributed by atoms with Gasteiger partial charge in [-0.25, -0.2) is 0 Å². The maximum atomic E-state index is 12.5. The highest BCUT2D eigenvalue weighted by atomic mass is 16.5. The van der Waals surface area contributed by atoms with Gasteiger partial charge in [0, 0.05) is 29.8 Å². The van der Waals surface area contributed by atoms with Crippen LogP contribution in [0.25, 0.3) is 10.4 Å². The van der Waals surface area contributed by atoms with E-state index in [4.69, 9.17) is 24.5 Å². The standard InChI is InChI=1S/C25H31N3O4.C25H31NO3/c1-17-6-5-7-18(12-17)13-20(25(29)30)14-21(16-27-28-26)19-10-11-23(31-2)24(15-19)32-22-8-3-4-9-22;1-17-6-5-7-18(12-17)13-20-14-21(16-26-25(20)27)19-10-11-23(28-2)24(15-19)29-22-8-3-4-9-22/h5-7,10-12,15,20-22H,3-4,8-9,13-14,16H2,1-2H3,(H,29,30);5-7,10-12,15,20-22H,3-4,8-9,13-14,16H2,1-2H3,(H,26,27)/t2*20-,21-/m11/s1. The number of hydrogen-bond acceptors (Lipinski definition) is 7. The summed E-state index contributed by atoms with van der Waals surface area (Å²) in [6, 6.07) is 28.3. The molecular weight excluding hydrogens is 769 g/mol. The highest BCUT2D eigenvalue weighted by Gasteiger charge is 2.31. The molecule has 61 heavy (non-hydrogen) atoms. The van der Waals surface area contributed by atoms with E-state index in [9.17, 15) is 14.7 Å². The Balaban J connectivity index is 0.000000205. The second kappa shape index (κ2) is 22.3. The monoisotopic (exact) mass is 830 g/mol. The van der Waals surface area contributed by atoms with Crippen LogP contribution in [-0.4, -0.2) is 56.5 Å². The van der Waals surface area contributed by atoms with Crippen molar-refractivity contribution in [3.63, 3.8) is 0 Å². The zero-order valence-electron chi connectivity index (χ0n) is 36.2. The summed E-state index contributed by atoms with van der Waals surface area (Å²) in [7, 11) is 3.30. The first kappa shape index (κ1) is 44.9. The molecule has 2 saturated carbocycles. The molecule has 2 aliphatic carbocycles. The lowest BCUT2D eigenvalue weighted by Crippen LogP contribution is -2.41. The van der Waals surface area contributed by atoms with Gasteiger partial charge < -0.3 is 29.4 Å². The van der Waals surface area contributed by atoms with Crippen molar-refractivity contribution < 1.29 is 33.6 Å². The number of carboxylic acid groups (broad SMARTS) is 1. The average Bonchev–Trinajstić information content (AvgIpc) is 3.98. The summed E-state index contributed by atoms with van der Waals surface area (Å²) in [5.74, 6) is 1.70. The lowest BCUT2D eigenvalue weighted by molar-refractivity contribution is -0.142. The summed E-state index contributed by atoms with van der Waals surface area (Å²) in [5, 5.41) is 16.8. The Morgan fingerprint density at radius 2 is 1.39 bits per heavy atom. The topological polar surface area (TPSA) is 152 Å². The van der Waals surface area contributed by atoms with Crippen LogP contribution in [0.2, 0.25) is 0 Å². The number of ether oxygens (including phenoxy) is 4. The Labute approximate surface area is 360 Å². The van der Waals surface area contributed by atoms with Crippen LogP contribution in [-0.2, 0) is 22.4 Å². The van der Waals surface area contributed by atoms with Crippen molar-refractivity contribution in [1.29, 1.82) is 0 Å². The Morgan fingerprint density at radius 3 is 1.98 bits per heavy atom. The van der Waals surface area contributed by atoms with Gasteiger partial charge in [0.1, 0.15) is 0 Å². The van der Waals surface area contributed by atoms with Gasteiger partial charge in [0.2, 0.25) is 5.91 Å². The smallest absolute Gasteiger partial charge is 0.306 e. The summed E-state index contributed by atoms with van der Waals surface area (Å²) >= 11 is 0.